The van der Waals surface area contributed by atoms with Crippen molar-refractivity contribution in [1.82, 2.24) is 4.57 Å². The van der Waals surface area contributed by atoms with Crippen molar-refractivity contribution in [2.45, 2.75) is 19.4 Å². The number of benzene rings is 2. The van der Waals surface area contributed by atoms with Gasteiger partial charge in [0.05, 0.1) is 25.1 Å². The Morgan fingerprint density at radius 3 is 2.45 bits per heavy atom. The van der Waals surface area contributed by atoms with Crippen LogP contribution in [0.15, 0.2) is 35.1 Å². The van der Waals surface area contributed by atoms with E-state index in [-0.39, 0.29) is 5.56 Å². The maximum Gasteiger partial charge on any atom is 0.259 e. The van der Waals surface area contributed by atoms with Gasteiger partial charge in [-0.3, -0.25) is 4.79 Å². The number of para-hydroxylation sites is 1. The molecule has 4 rings (SSSR count). The minimum absolute atomic E-state index is 0.0515. The Morgan fingerprint density at radius 1 is 1.00 bits per heavy atom. The van der Waals surface area contributed by atoms with Gasteiger partial charge in [-0.05, 0) is 30.5 Å². The molecule has 0 fully saturated rings. The lowest BCUT2D eigenvalue weighted by Gasteiger charge is -2.21. The maximum atomic E-state index is 12.9. The van der Waals surface area contributed by atoms with Gasteiger partial charge in [0.2, 0.25) is 0 Å². The summed E-state index contributed by atoms with van der Waals surface area (Å²) in [5.74, 6) is 1.24. The quantitative estimate of drug-likeness (QED) is 0.682. The first-order valence-corrected chi connectivity index (χ1v) is 7.44. The van der Waals surface area contributed by atoms with Crippen molar-refractivity contribution < 1.29 is 9.47 Å². The Bertz CT molecular complexity index is 956. The Hall–Kier alpha value is -2.49. The van der Waals surface area contributed by atoms with Crippen LogP contribution in [0.25, 0.3) is 21.7 Å². The highest BCUT2D eigenvalue weighted by Crippen LogP contribution is 2.35. The Morgan fingerprint density at radius 2 is 1.73 bits per heavy atom. The first-order valence-electron chi connectivity index (χ1n) is 7.44. The third-order valence-electron chi connectivity index (χ3n) is 4.51. The summed E-state index contributed by atoms with van der Waals surface area (Å²) in [5.41, 5.74) is 2.37. The van der Waals surface area contributed by atoms with Crippen LogP contribution in [0.4, 0.5) is 0 Å². The molecular formula is C18H17NO3. The molecule has 0 unspecified atom stereocenters. The summed E-state index contributed by atoms with van der Waals surface area (Å²) in [7, 11) is 3.20. The SMILES string of the molecule is COc1cc2c(=O)n3c4c(cccc4c2cc1OC)CCC3. The van der Waals surface area contributed by atoms with Crippen LogP contribution in [0, 0.1) is 0 Å². The molecule has 4 heteroatoms. The standard InChI is InChI=1S/C18H17NO3/c1-21-15-9-13-12-7-3-5-11-6-4-8-19(17(11)12)18(20)14(13)10-16(15)22-2/h3,5,7,9-10H,4,6,8H2,1-2H3. The summed E-state index contributed by atoms with van der Waals surface area (Å²) >= 11 is 0. The van der Waals surface area contributed by atoms with Gasteiger partial charge in [0.25, 0.3) is 5.56 Å². The van der Waals surface area contributed by atoms with Gasteiger partial charge in [0, 0.05) is 17.3 Å². The Kier molecular flexibility index (Phi) is 2.86. The van der Waals surface area contributed by atoms with Crippen molar-refractivity contribution in [1.29, 1.82) is 0 Å². The van der Waals surface area contributed by atoms with Crippen LogP contribution in [0.3, 0.4) is 0 Å². The Balaban J connectivity index is 2.25. The zero-order chi connectivity index (χ0) is 15.3. The lowest BCUT2D eigenvalue weighted by Crippen LogP contribution is -2.24. The van der Waals surface area contributed by atoms with Crippen LogP contribution in [0.5, 0.6) is 11.5 Å². The number of hydrogen-bond donors (Lipinski definition) is 0. The number of aryl methyl sites for hydroxylation is 2. The van der Waals surface area contributed by atoms with Crippen LogP contribution in [0.2, 0.25) is 0 Å². The molecule has 1 aromatic heterocycles. The molecule has 112 valence electrons. The Labute approximate surface area is 127 Å². The zero-order valence-corrected chi connectivity index (χ0v) is 12.7. The van der Waals surface area contributed by atoms with Crippen molar-refractivity contribution in [3.05, 3.63) is 46.2 Å². The van der Waals surface area contributed by atoms with E-state index in [0.29, 0.717) is 16.9 Å². The minimum Gasteiger partial charge on any atom is -0.493 e. The van der Waals surface area contributed by atoms with E-state index in [4.69, 9.17) is 9.47 Å². The first-order chi connectivity index (χ1) is 10.7. The fourth-order valence-corrected chi connectivity index (χ4v) is 3.50. The normalized spacial score (nSPS) is 13.5. The number of rotatable bonds is 2. The molecule has 3 aromatic rings. The first kappa shape index (κ1) is 13.2. The van der Waals surface area contributed by atoms with E-state index in [9.17, 15) is 4.79 Å². The third kappa shape index (κ3) is 1.67. The summed E-state index contributed by atoms with van der Waals surface area (Å²) in [5, 5.41) is 2.72. The summed E-state index contributed by atoms with van der Waals surface area (Å²) in [4.78, 5) is 12.9. The van der Waals surface area contributed by atoms with Crippen molar-refractivity contribution in [3.8, 4) is 11.5 Å². The predicted molar refractivity (Wildman–Crippen MR) is 87.1 cm³/mol. The van der Waals surface area contributed by atoms with Crippen molar-refractivity contribution >= 4 is 21.7 Å². The summed E-state index contributed by atoms with van der Waals surface area (Å²) in [6, 6.07) is 9.96. The number of ether oxygens (including phenoxy) is 2. The fourth-order valence-electron chi connectivity index (χ4n) is 3.50. The average molecular weight is 295 g/mol. The van der Waals surface area contributed by atoms with E-state index >= 15 is 0 Å². The molecule has 2 aromatic carbocycles. The van der Waals surface area contributed by atoms with Crippen molar-refractivity contribution in [3.63, 3.8) is 0 Å². The summed E-state index contributed by atoms with van der Waals surface area (Å²) in [6.07, 6.45) is 2.03. The number of nitrogens with zero attached hydrogens (tertiary/aromatic N) is 1. The summed E-state index contributed by atoms with van der Waals surface area (Å²) < 4.78 is 12.7. The smallest absolute Gasteiger partial charge is 0.259 e. The molecule has 0 bridgehead atoms. The van der Waals surface area contributed by atoms with Crippen molar-refractivity contribution in [2.75, 3.05) is 14.2 Å². The number of hydrogen-bond acceptors (Lipinski definition) is 3. The van der Waals surface area contributed by atoms with E-state index in [1.807, 2.05) is 10.6 Å². The van der Waals surface area contributed by atoms with E-state index in [1.54, 1.807) is 20.3 Å². The van der Waals surface area contributed by atoms with Crippen molar-refractivity contribution in [2.24, 2.45) is 0 Å². The molecule has 0 amide bonds. The van der Waals surface area contributed by atoms with Gasteiger partial charge in [0.15, 0.2) is 11.5 Å². The van der Waals surface area contributed by atoms with E-state index in [0.717, 1.165) is 35.7 Å². The molecule has 0 N–H and O–H groups in total. The molecule has 0 aliphatic carbocycles. The monoisotopic (exact) mass is 295 g/mol. The topological polar surface area (TPSA) is 40.5 Å². The van der Waals surface area contributed by atoms with Gasteiger partial charge in [-0.2, -0.15) is 0 Å². The average Bonchev–Trinajstić information content (AvgIpc) is 2.58. The molecule has 0 spiro atoms. The fraction of sp³-hybridized carbons (Fsp3) is 0.278. The molecule has 2 heterocycles. The highest BCUT2D eigenvalue weighted by molar-refractivity contribution is 6.07. The van der Waals surface area contributed by atoms with Crippen LogP contribution < -0.4 is 15.0 Å². The molecule has 1 aliphatic heterocycles. The molecule has 0 saturated carbocycles. The third-order valence-corrected chi connectivity index (χ3v) is 4.51. The van der Waals surface area contributed by atoms with Gasteiger partial charge in [0.1, 0.15) is 0 Å². The van der Waals surface area contributed by atoms with Gasteiger partial charge in [-0.15, -0.1) is 0 Å². The van der Waals surface area contributed by atoms with Crippen LogP contribution in [-0.2, 0) is 13.0 Å². The second-order valence-electron chi connectivity index (χ2n) is 5.63. The summed E-state index contributed by atoms with van der Waals surface area (Å²) in [6.45, 7) is 0.774. The highest BCUT2D eigenvalue weighted by atomic mass is 16.5. The lowest BCUT2D eigenvalue weighted by atomic mass is 9.97. The zero-order valence-electron chi connectivity index (χ0n) is 12.7. The number of aromatic nitrogens is 1. The molecule has 0 radical (unpaired) electrons. The molecule has 1 aliphatic rings. The molecule has 0 atom stereocenters. The lowest BCUT2D eigenvalue weighted by molar-refractivity contribution is 0.356. The maximum absolute atomic E-state index is 12.9. The van der Waals surface area contributed by atoms with Gasteiger partial charge < -0.3 is 14.0 Å². The number of methoxy groups -OCH3 is 2. The van der Waals surface area contributed by atoms with Crippen LogP contribution in [0.1, 0.15) is 12.0 Å². The molecule has 22 heavy (non-hydrogen) atoms. The number of pyridine rings is 1. The second-order valence-corrected chi connectivity index (χ2v) is 5.63. The number of fused-ring (bicyclic) bond motifs is 2. The minimum atomic E-state index is 0.0515. The molecule has 4 nitrogen and oxygen atoms in total. The van der Waals surface area contributed by atoms with Gasteiger partial charge in [-0.25, -0.2) is 0 Å². The van der Waals surface area contributed by atoms with Crippen LogP contribution >= 0.6 is 0 Å². The molecule has 0 saturated heterocycles. The van der Waals surface area contributed by atoms with E-state index in [2.05, 4.69) is 18.2 Å². The van der Waals surface area contributed by atoms with E-state index in [1.165, 1.54) is 5.56 Å². The highest BCUT2D eigenvalue weighted by Gasteiger charge is 2.19. The predicted octanol–water partition coefficient (Wildman–Crippen LogP) is 3.12. The van der Waals surface area contributed by atoms with Crippen LogP contribution in [-0.4, -0.2) is 18.8 Å². The van der Waals surface area contributed by atoms with Gasteiger partial charge >= 0.3 is 0 Å². The van der Waals surface area contributed by atoms with E-state index < -0.39 is 0 Å². The molecular weight excluding hydrogens is 278 g/mol. The largest absolute Gasteiger partial charge is 0.493 e. The van der Waals surface area contributed by atoms with Gasteiger partial charge in [-0.1, -0.05) is 18.2 Å². The second kappa shape index (κ2) is 4.77.